The fourth-order valence-electron chi connectivity index (χ4n) is 5.29. The van der Waals surface area contributed by atoms with Crippen LogP contribution in [0.25, 0.3) is 16.7 Å². The molecule has 0 bridgehead atoms. The van der Waals surface area contributed by atoms with Gasteiger partial charge in [0.25, 0.3) is 11.8 Å². The molecule has 2 aromatic heterocycles. The Labute approximate surface area is 184 Å². The summed E-state index contributed by atoms with van der Waals surface area (Å²) in [6.07, 6.45) is 2.28. The molecule has 6 nitrogen and oxygen atoms in total. The average molecular weight is 418 g/mol. The van der Waals surface area contributed by atoms with Crippen molar-refractivity contribution in [3.63, 3.8) is 0 Å². The van der Waals surface area contributed by atoms with Gasteiger partial charge >= 0.3 is 0 Å². The number of rotatable bonds is 2. The Balaban J connectivity index is 1.53. The number of imide groups is 1. The molecule has 2 atom stereocenters. The Kier molecular flexibility index (Phi) is 3.84. The summed E-state index contributed by atoms with van der Waals surface area (Å²) in [5.41, 5.74) is 4.58. The van der Waals surface area contributed by atoms with E-state index in [1.807, 2.05) is 36.4 Å². The lowest BCUT2D eigenvalue weighted by Gasteiger charge is -2.26. The molecule has 2 aromatic carbocycles. The van der Waals surface area contributed by atoms with Gasteiger partial charge < -0.3 is 0 Å². The largest absolute Gasteiger partial charge is 0.298 e. The monoisotopic (exact) mass is 418 g/mol. The van der Waals surface area contributed by atoms with Crippen molar-refractivity contribution in [3.05, 3.63) is 94.8 Å². The van der Waals surface area contributed by atoms with Crippen molar-refractivity contribution in [2.24, 2.45) is 0 Å². The molecule has 0 saturated heterocycles. The highest BCUT2D eigenvalue weighted by atomic mass is 16.2. The zero-order valence-corrected chi connectivity index (χ0v) is 17.3. The lowest BCUT2D eigenvalue weighted by molar-refractivity contribution is 0.0573. The zero-order valence-electron chi connectivity index (χ0n) is 17.3. The quantitative estimate of drug-likeness (QED) is 0.457. The van der Waals surface area contributed by atoms with Crippen molar-refractivity contribution in [1.82, 2.24) is 14.5 Å². The number of nitriles is 1. The van der Waals surface area contributed by atoms with Crippen LogP contribution in [0, 0.1) is 11.3 Å². The highest BCUT2D eigenvalue weighted by Gasteiger charge is 2.46. The number of amides is 2. The highest BCUT2D eigenvalue weighted by molar-refractivity contribution is 6.21. The summed E-state index contributed by atoms with van der Waals surface area (Å²) in [6.45, 7) is 2.06. The first kappa shape index (κ1) is 18.5. The van der Waals surface area contributed by atoms with Gasteiger partial charge in [-0.25, -0.2) is 4.98 Å². The van der Waals surface area contributed by atoms with Gasteiger partial charge in [0.05, 0.1) is 34.3 Å². The molecule has 2 unspecified atom stereocenters. The molecule has 1 aliphatic heterocycles. The van der Waals surface area contributed by atoms with E-state index in [4.69, 9.17) is 0 Å². The maximum Gasteiger partial charge on any atom is 0.261 e. The van der Waals surface area contributed by atoms with E-state index in [1.54, 1.807) is 30.5 Å². The van der Waals surface area contributed by atoms with Gasteiger partial charge in [-0.2, -0.15) is 5.26 Å². The fraction of sp³-hybridized carbons (Fsp3) is 0.154. The molecule has 32 heavy (non-hydrogen) atoms. The molecule has 0 N–H and O–H groups in total. The summed E-state index contributed by atoms with van der Waals surface area (Å²) in [4.78, 5) is 32.3. The maximum absolute atomic E-state index is 13.2. The second-order valence-electron chi connectivity index (χ2n) is 8.31. The number of carbonyl (C=O) groups is 2. The normalized spacial score (nSPS) is 19.3. The summed E-state index contributed by atoms with van der Waals surface area (Å²) in [7, 11) is 0. The molecule has 3 heterocycles. The van der Waals surface area contributed by atoms with Gasteiger partial charge in [-0.15, -0.1) is 0 Å². The predicted molar refractivity (Wildman–Crippen MR) is 119 cm³/mol. The Morgan fingerprint density at radius 3 is 2.38 bits per heavy atom. The number of fused-ring (bicyclic) bond motifs is 4. The minimum absolute atomic E-state index is 0.0754. The van der Waals surface area contributed by atoms with Gasteiger partial charge in [-0.05, 0) is 48.0 Å². The number of hydrogen-bond donors (Lipinski definition) is 0. The third-order valence-corrected chi connectivity index (χ3v) is 6.71. The van der Waals surface area contributed by atoms with E-state index in [0.717, 1.165) is 28.0 Å². The van der Waals surface area contributed by atoms with E-state index in [9.17, 15) is 14.9 Å². The van der Waals surface area contributed by atoms with Crippen LogP contribution < -0.4 is 0 Å². The van der Waals surface area contributed by atoms with Crippen LogP contribution in [-0.4, -0.2) is 32.3 Å². The standard InChI is InChI=1S/C26H18N4O2/c1-15-21(30-25(31)17-6-2-3-7-18(17)26(30)32)13-22-24(15)19-12-16(14-27)9-10-20(19)29(22)23-8-4-5-11-28-23/h2-12,15,21H,13H2,1H3. The highest BCUT2D eigenvalue weighted by Crippen LogP contribution is 2.45. The van der Waals surface area contributed by atoms with E-state index >= 15 is 0 Å². The molecule has 6 rings (SSSR count). The number of pyridine rings is 1. The zero-order chi connectivity index (χ0) is 22.0. The third-order valence-electron chi connectivity index (χ3n) is 6.71. The lowest BCUT2D eigenvalue weighted by Crippen LogP contribution is -2.42. The van der Waals surface area contributed by atoms with Gasteiger partial charge in [0, 0.05) is 29.6 Å². The molecule has 0 fully saturated rings. The summed E-state index contributed by atoms with van der Waals surface area (Å²) >= 11 is 0. The number of nitrogens with zero attached hydrogens (tertiary/aromatic N) is 4. The van der Waals surface area contributed by atoms with Crippen molar-refractivity contribution in [2.75, 3.05) is 0 Å². The first-order chi connectivity index (χ1) is 15.6. The van der Waals surface area contributed by atoms with Crippen LogP contribution in [0.5, 0.6) is 0 Å². The topological polar surface area (TPSA) is 79.0 Å². The second kappa shape index (κ2) is 6.63. The number of carbonyl (C=O) groups excluding carboxylic acids is 2. The molecular weight excluding hydrogens is 400 g/mol. The molecule has 6 heteroatoms. The first-order valence-electron chi connectivity index (χ1n) is 10.6. The number of hydrogen-bond acceptors (Lipinski definition) is 4. The van der Waals surface area contributed by atoms with Crippen LogP contribution in [0.3, 0.4) is 0 Å². The fourth-order valence-corrected chi connectivity index (χ4v) is 5.29. The number of benzene rings is 2. The van der Waals surface area contributed by atoms with Crippen molar-refractivity contribution >= 4 is 22.7 Å². The molecule has 2 amide bonds. The molecule has 0 spiro atoms. The van der Waals surface area contributed by atoms with Gasteiger partial charge in [-0.3, -0.25) is 19.1 Å². The van der Waals surface area contributed by atoms with Gasteiger partial charge in [-0.1, -0.05) is 25.1 Å². The van der Waals surface area contributed by atoms with Crippen molar-refractivity contribution in [2.45, 2.75) is 25.3 Å². The molecule has 1 aliphatic carbocycles. The van der Waals surface area contributed by atoms with Gasteiger partial charge in [0.15, 0.2) is 0 Å². The van der Waals surface area contributed by atoms with E-state index < -0.39 is 0 Å². The summed E-state index contributed by atoms with van der Waals surface area (Å²) in [6, 6.07) is 20.3. The van der Waals surface area contributed by atoms with Crippen LogP contribution in [0.4, 0.5) is 0 Å². The smallest absolute Gasteiger partial charge is 0.261 e. The predicted octanol–water partition coefficient (Wildman–Crippen LogP) is 4.22. The van der Waals surface area contributed by atoms with E-state index in [0.29, 0.717) is 23.1 Å². The molecule has 0 saturated carbocycles. The van der Waals surface area contributed by atoms with Crippen molar-refractivity contribution < 1.29 is 9.59 Å². The maximum atomic E-state index is 13.2. The third kappa shape index (κ3) is 2.36. The van der Waals surface area contributed by atoms with Crippen LogP contribution in [0.2, 0.25) is 0 Å². The van der Waals surface area contributed by atoms with Crippen LogP contribution in [0.1, 0.15) is 50.4 Å². The summed E-state index contributed by atoms with van der Waals surface area (Å²) in [5.74, 6) is 0.227. The minimum atomic E-state index is -0.294. The van der Waals surface area contributed by atoms with Crippen molar-refractivity contribution in [3.8, 4) is 11.9 Å². The molecule has 4 aromatic rings. The Morgan fingerprint density at radius 1 is 1.00 bits per heavy atom. The van der Waals surface area contributed by atoms with E-state index in [-0.39, 0.29) is 23.8 Å². The van der Waals surface area contributed by atoms with E-state index in [2.05, 4.69) is 22.5 Å². The first-order valence-corrected chi connectivity index (χ1v) is 10.6. The van der Waals surface area contributed by atoms with Gasteiger partial charge in [0.1, 0.15) is 5.82 Å². The molecular formula is C26H18N4O2. The minimum Gasteiger partial charge on any atom is -0.298 e. The van der Waals surface area contributed by atoms with E-state index in [1.165, 1.54) is 4.90 Å². The Hall–Kier alpha value is -4.24. The second-order valence-corrected chi connectivity index (χ2v) is 8.31. The van der Waals surface area contributed by atoms with Crippen LogP contribution in [0.15, 0.2) is 66.9 Å². The molecule has 0 radical (unpaired) electrons. The van der Waals surface area contributed by atoms with Gasteiger partial charge in [0.2, 0.25) is 0 Å². The molecule has 154 valence electrons. The Bertz CT molecular complexity index is 1440. The van der Waals surface area contributed by atoms with Crippen LogP contribution in [-0.2, 0) is 6.42 Å². The average Bonchev–Trinajstić information content (AvgIpc) is 3.41. The Morgan fingerprint density at radius 2 is 1.72 bits per heavy atom. The lowest BCUT2D eigenvalue weighted by atomic mass is 9.97. The summed E-state index contributed by atoms with van der Waals surface area (Å²) in [5, 5.41) is 10.4. The van der Waals surface area contributed by atoms with Crippen LogP contribution >= 0.6 is 0 Å². The summed E-state index contributed by atoms with van der Waals surface area (Å²) < 4.78 is 2.10. The molecule has 2 aliphatic rings. The number of aromatic nitrogens is 2. The SMILES string of the molecule is CC1c2c(n(-c3ccccn3)c3ccc(C#N)cc23)CC1N1C(=O)c2ccccc2C1=O. The van der Waals surface area contributed by atoms with Crippen molar-refractivity contribution in [1.29, 1.82) is 5.26 Å².